The van der Waals surface area contributed by atoms with Crippen LogP contribution in [0.1, 0.15) is 6.42 Å². The summed E-state index contributed by atoms with van der Waals surface area (Å²) in [5.74, 6) is 0.486. The highest BCUT2D eigenvalue weighted by atomic mass is 35.5. The first-order valence-electron chi connectivity index (χ1n) is 5.88. The van der Waals surface area contributed by atoms with E-state index in [1.807, 2.05) is 14.1 Å². The monoisotopic (exact) mass is 270 g/mol. The predicted molar refractivity (Wildman–Crippen MR) is 73.1 cm³/mol. The number of nitrogens with one attached hydrogen (secondary N) is 1. The first kappa shape index (κ1) is 14.8. The first-order chi connectivity index (χ1) is 8.58. The number of hydrogen-bond acceptors (Lipinski definition) is 3. The lowest BCUT2D eigenvalue weighted by Gasteiger charge is -2.10. The number of nitrogens with zero attached hydrogens (tertiary/aromatic N) is 1. The van der Waals surface area contributed by atoms with E-state index in [1.54, 1.807) is 24.3 Å². The number of rotatable bonds is 7. The smallest absolute Gasteiger partial charge is 0.257 e. The maximum atomic E-state index is 11.5. The van der Waals surface area contributed by atoms with Crippen molar-refractivity contribution in [3.63, 3.8) is 0 Å². The lowest BCUT2D eigenvalue weighted by atomic mass is 10.3. The fourth-order valence-corrected chi connectivity index (χ4v) is 1.56. The summed E-state index contributed by atoms with van der Waals surface area (Å²) in [6, 6.07) is 6.99. The minimum absolute atomic E-state index is 0.0162. The van der Waals surface area contributed by atoms with Crippen LogP contribution in [0.2, 0.25) is 5.02 Å². The van der Waals surface area contributed by atoms with Crippen molar-refractivity contribution in [1.82, 2.24) is 10.2 Å². The predicted octanol–water partition coefficient (Wildman–Crippen LogP) is 1.79. The Balaban J connectivity index is 2.17. The minimum atomic E-state index is -0.117. The van der Waals surface area contributed by atoms with Crippen molar-refractivity contribution in [3.05, 3.63) is 29.3 Å². The summed E-state index contributed by atoms with van der Waals surface area (Å²) in [5, 5.41) is 3.40. The van der Waals surface area contributed by atoms with Crippen LogP contribution in [0.5, 0.6) is 5.75 Å². The second-order valence-electron chi connectivity index (χ2n) is 4.25. The average Bonchev–Trinajstić information content (AvgIpc) is 2.32. The molecule has 0 bridgehead atoms. The third-order valence-corrected chi connectivity index (χ3v) is 2.51. The van der Waals surface area contributed by atoms with E-state index in [2.05, 4.69) is 10.2 Å². The van der Waals surface area contributed by atoms with Crippen molar-refractivity contribution in [2.24, 2.45) is 0 Å². The summed E-state index contributed by atoms with van der Waals surface area (Å²) in [4.78, 5) is 13.5. The second-order valence-corrected chi connectivity index (χ2v) is 4.69. The zero-order valence-corrected chi connectivity index (χ0v) is 11.5. The van der Waals surface area contributed by atoms with Crippen LogP contribution in [0.4, 0.5) is 0 Å². The van der Waals surface area contributed by atoms with Gasteiger partial charge in [0, 0.05) is 11.6 Å². The summed E-state index contributed by atoms with van der Waals surface area (Å²) in [5.41, 5.74) is 0. The van der Waals surface area contributed by atoms with Gasteiger partial charge in [-0.15, -0.1) is 0 Å². The van der Waals surface area contributed by atoms with Gasteiger partial charge in [-0.25, -0.2) is 0 Å². The Morgan fingerprint density at radius 1 is 1.44 bits per heavy atom. The van der Waals surface area contributed by atoms with E-state index in [0.29, 0.717) is 17.3 Å². The molecular formula is C13H19ClN2O2. The number of hydrogen-bond donors (Lipinski definition) is 1. The fraction of sp³-hybridized carbons (Fsp3) is 0.462. The first-order valence-corrected chi connectivity index (χ1v) is 6.25. The van der Waals surface area contributed by atoms with Crippen molar-refractivity contribution in [1.29, 1.82) is 0 Å². The van der Waals surface area contributed by atoms with Crippen LogP contribution in [0.15, 0.2) is 24.3 Å². The fourth-order valence-electron chi connectivity index (χ4n) is 1.38. The van der Waals surface area contributed by atoms with Gasteiger partial charge in [0.2, 0.25) is 0 Å². The molecular weight excluding hydrogens is 252 g/mol. The van der Waals surface area contributed by atoms with Gasteiger partial charge in [0.1, 0.15) is 5.75 Å². The molecule has 4 nitrogen and oxygen atoms in total. The lowest BCUT2D eigenvalue weighted by Crippen LogP contribution is -2.31. The second kappa shape index (κ2) is 7.95. The van der Waals surface area contributed by atoms with Crippen molar-refractivity contribution in [3.8, 4) is 5.75 Å². The Hall–Kier alpha value is -1.26. The molecule has 1 N–H and O–H groups in total. The van der Waals surface area contributed by atoms with Crippen LogP contribution < -0.4 is 10.1 Å². The summed E-state index contributed by atoms with van der Waals surface area (Å²) >= 11 is 5.81. The summed E-state index contributed by atoms with van der Waals surface area (Å²) in [6.07, 6.45) is 0.926. The van der Waals surface area contributed by atoms with Gasteiger partial charge < -0.3 is 15.0 Å². The molecule has 0 aliphatic rings. The largest absolute Gasteiger partial charge is 0.484 e. The number of carbonyl (C=O) groups excluding carboxylic acids is 1. The average molecular weight is 271 g/mol. The number of halogens is 1. The van der Waals surface area contributed by atoms with Crippen molar-refractivity contribution >= 4 is 17.5 Å². The van der Waals surface area contributed by atoms with E-state index in [1.165, 1.54) is 0 Å². The Morgan fingerprint density at radius 2 is 2.22 bits per heavy atom. The zero-order chi connectivity index (χ0) is 13.4. The van der Waals surface area contributed by atoms with E-state index < -0.39 is 0 Å². The molecule has 0 aliphatic heterocycles. The molecule has 5 heteroatoms. The maximum absolute atomic E-state index is 11.5. The molecule has 0 unspecified atom stereocenters. The van der Waals surface area contributed by atoms with Crippen LogP contribution in [-0.4, -0.2) is 44.6 Å². The zero-order valence-electron chi connectivity index (χ0n) is 10.8. The van der Waals surface area contributed by atoms with Gasteiger partial charge in [-0.3, -0.25) is 4.79 Å². The Kier molecular flexibility index (Phi) is 6.54. The van der Waals surface area contributed by atoms with Gasteiger partial charge in [-0.05, 0) is 45.3 Å². The molecule has 0 aromatic heterocycles. The van der Waals surface area contributed by atoms with Gasteiger partial charge in [-0.1, -0.05) is 17.7 Å². The summed E-state index contributed by atoms with van der Waals surface area (Å²) < 4.78 is 5.32. The molecule has 18 heavy (non-hydrogen) atoms. The van der Waals surface area contributed by atoms with Crippen LogP contribution in [0.25, 0.3) is 0 Å². The van der Waals surface area contributed by atoms with Crippen LogP contribution in [0.3, 0.4) is 0 Å². The van der Waals surface area contributed by atoms with E-state index in [4.69, 9.17) is 16.3 Å². The van der Waals surface area contributed by atoms with Gasteiger partial charge in [0.05, 0.1) is 0 Å². The van der Waals surface area contributed by atoms with Crippen LogP contribution in [0, 0.1) is 0 Å². The third kappa shape index (κ3) is 6.47. The van der Waals surface area contributed by atoms with Crippen LogP contribution in [-0.2, 0) is 4.79 Å². The normalized spacial score (nSPS) is 10.4. The van der Waals surface area contributed by atoms with Gasteiger partial charge in [0.15, 0.2) is 6.61 Å². The summed E-state index contributed by atoms with van der Waals surface area (Å²) in [7, 11) is 4.01. The molecule has 1 aromatic rings. The summed E-state index contributed by atoms with van der Waals surface area (Å²) in [6.45, 7) is 1.63. The van der Waals surface area contributed by atoms with E-state index in [-0.39, 0.29) is 12.5 Å². The lowest BCUT2D eigenvalue weighted by molar-refractivity contribution is -0.123. The van der Waals surface area contributed by atoms with Crippen molar-refractivity contribution < 1.29 is 9.53 Å². The molecule has 0 atom stereocenters. The molecule has 1 aromatic carbocycles. The molecule has 0 saturated carbocycles. The molecule has 0 aliphatic carbocycles. The molecule has 0 radical (unpaired) electrons. The highest BCUT2D eigenvalue weighted by molar-refractivity contribution is 6.30. The number of carbonyl (C=O) groups is 1. The van der Waals surface area contributed by atoms with Gasteiger partial charge in [0.25, 0.3) is 5.91 Å². The SMILES string of the molecule is CN(C)CCCNC(=O)COc1cccc(Cl)c1. The molecule has 1 rings (SSSR count). The number of amides is 1. The third-order valence-electron chi connectivity index (χ3n) is 2.27. The van der Waals surface area contributed by atoms with E-state index >= 15 is 0 Å². The van der Waals surface area contributed by atoms with E-state index in [0.717, 1.165) is 13.0 Å². The molecule has 1 amide bonds. The Morgan fingerprint density at radius 3 is 2.89 bits per heavy atom. The number of ether oxygens (including phenoxy) is 1. The van der Waals surface area contributed by atoms with Gasteiger partial charge >= 0.3 is 0 Å². The molecule has 100 valence electrons. The molecule has 0 spiro atoms. The van der Waals surface area contributed by atoms with Crippen LogP contribution >= 0.6 is 11.6 Å². The number of benzene rings is 1. The minimum Gasteiger partial charge on any atom is -0.484 e. The standard InChI is InChI=1S/C13H19ClN2O2/c1-16(2)8-4-7-15-13(17)10-18-12-6-3-5-11(14)9-12/h3,5-6,9H,4,7-8,10H2,1-2H3,(H,15,17). The molecule has 0 heterocycles. The maximum Gasteiger partial charge on any atom is 0.257 e. The van der Waals surface area contributed by atoms with Crippen molar-refractivity contribution in [2.75, 3.05) is 33.8 Å². The molecule has 0 saturated heterocycles. The quantitative estimate of drug-likeness (QED) is 0.768. The topological polar surface area (TPSA) is 41.6 Å². The van der Waals surface area contributed by atoms with Gasteiger partial charge in [-0.2, -0.15) is 0 Å². The Bertz CT molecular complexity index is 383. The highest BCUT2D eigenvalue weighted by Gasteiger charge is 2.02. The Labute approximate surface area is 113 Å². The highest BCUT2D eigenvalue weighted by Crippen LogP contribution is 2.16. The van der Waals surface area contributed by atoms with Crippen molar-refractivity contribution in [2.45, 2.75) is 6.42 Å². The van der Waals surface area contributed by atoms with E-state index in [9.17, 15) is 4.79 Å². The molecule has 0 fully saturated rings.